The normalized spacial score (nSPS) is 10.6. The average Bonchev–Trinajstić information content (AvgIpc) is 2.29. The molecule has 0 aliphatic carbocycles. The summed E-state index contributed by atoms with van der Waals surface area (Å²) in [4.78, 5) is 0. The lowest BCUT2D eigenvalue weighted by atomic mass is 10.2. The Morgan fingerprint density at radius 3 is 2.40 bits per heavy atom. The van der Waals surface area contributed by atoms with Gasteiger partial charge in [0.15, 0.2) is 11.5 Å². The Hall–Kier alpha value is -1.48. The Kier molecular flexibility index (Phi) is 4.71. The predicted octanol–water partition coefficient (Wildman–Crippen LogP) is 2.36. The zero-order valence-electron chi connectivity index (χ0n) is 9.32. The molecule has 1 aromatic carbocycles. The molecule has 3 heteroatoms. The number of hydrogen-bond acceptors (Lipinski definition) is 3. The van der Waals surface area contributed by atoms with Crippen LogP contribution in [-0.4, -0.2) is 27.9 Å². The summed E-state index contributed by atoms with van der Waals surface area (Å²) in [5, 5.41) is 0. The van der Waals surface area contributed by atoms with Gasteiger partial charge in [0.25, 0.3) is 0 Å². The van der Waals surface area contributed by atoms with Crippen molar-refractivity contribution >= 4 is 6.08 Å². The average molecular weight is 208 g/mol. The van der Waals surface area contributed by atoms with Crippen LogP contribution >= 0.6 is 0 Å². The minimum atomic E-state index is 0.606. The first kappa shape index (κ1) is 11.6. The van der Waals surface area contributed by atoms with Crippen molar-refractivity contribution in [2.45, 2.75) is 0 Å². The summed E-state index contributed by atoms with van der Waals surface area (Å²) >= 11 is 0. The van der Waals surface area contributed by atoms with E-state index in [4.69, 9.17) is 14.2 Å². The van der Waals surface area contributed by atoms with Crippen LogP contribution in [0.3, 0.4) is 0 Å². The Bertz CT molecular complexity index is 332. The molecule has 1 rings (SSSR count). The molecule has 0 spiro atoms. The molecule has 0 saturated heterocycles. The first-order chi connectivity index (χ1) is 7.31. The van der Waals surface area contributed by atoms with Crippen LogP contribution in [0.15, 0.2) is 24.3 Å². The highest BCUT2D eigenvalue weighted by atomic mass is 16.5. The van der Waals surface area contributed by atoms with Crippen molar-refractivity contribution in [3.63, 3.8) is 0 Å². The van der Waals surface area contributed by atoms with Gasteiger partial charge in [0.1, 0.15) is 0 Å². The topological polar surface area (TPSA) is 27.7 Å². The van der Waals surface area contributed by atoms with Crippen LogP contribution in [0, 0.1) is 0 Å². The summed E-state index contributed by atoms with van der Waals surface area (Å²) in [6.45, 7) is 0.606. The molecule has 1 aromatic rings. The highest BCUT2D eigenvalue weighted by molar-refractivity contribution is 5.55. The molecule has 0 N–H and O–H groups in total. The lowest BCUT2D eigenvalue weighted by molar-refractivity contribution is 0.234. The molecule has 0 aliphatic rings. The van der Waals surface area contributed by atoms with Crippen molar-refractivity contribution in [2.24, 2.45) is 0 Å². The fourth-order valence-corrected chi connectivity index (χ4v) is 1.24. The second-order valence-electron chi connectivity index (χ2n) is 2.97. The molecule has 0 radical (unpaired) electrons. The van der Waals surface area contributed by atoms with E-state index in [1.807, 2.05) is 30.4 Å². The molecule has 0 heterocycles. The number of benzene rings is 1. The van der Waals surface area contributed by atoms with Crippen LogP contribution < -0.4 is 9.47 Å². The van der Waals surface area contributed by atoms with Crippen molar-refractivity contribution < 1.29 is 14.2 Å². The number of ether oxygens (including phenoxy) is 3. The maximum Gasteiger partial charge on any atom is 0.161 e. The van der Waals surface area contributed by atoms with Crippen LogP contribution in [0.5, 0.6) is 11.5 Å². The fourth-order valence-electron chi connectivity index (χ4n) is 1.24. The summed E-state index contributed by atoms with van der Waals surface area (Å²) in [7, 11) is 4.91. The third kappa shape index (κ3) is 3.29. The lowest BCUT2D eigenvalue weighted by Gasteiger charge is -2.07. The Balaban J connectivity index is 2.83. The van der Waals surface area contributed by atoms with Gasteiger partial charge in [0.2, 0.25) is 0 Å². The van der Waals surface area contributed by atoms with Crippen molar-refractivity contribution in [3.8, 4) is 11.5 Å². The van der Waals surface area contributed by atoms with E-state index in [-0.39, 0.29) is 0 Å². The van der Waals surface area contributed by atoms with E-state index in [2.05, 4.69) is 0 Å². The number of methoxy groups -OCH3 is 3. The highest BCUT2D eigenvalue weighted by Gasteiger charge is 2.01. The largest absolute Gasteiger partial charge is 0.493 e. The Labute approximate surface area is 90.3 Å². The molecular formula is C12H16O3. The van der Waals surface area contributed by atoms with Crippen LogP contribution in [0.2, 0.25) is 0 Å². The van der Waals surface area contributed by atoms with Crippen LogP contribution in [0.25, 0.3) is 6.08 Å². The highest BCUT2D eigenvalue weighted by Crippen LogP contribution is 2.27. The Morgan fingerprint density at radius 2 is 1.80 bits per heavy atom. The monoisotopic (exact) mass is 208 g/mol. The van der Waals surface area contributed by atoms with E-state index in [0.717, 1.165) is 17.1 Å². The fraction of sp³-hybridized carbons (Fsp3) is 0.333. The second-order valence-corrected chi connectivity index (χ2v) is 2.97. The minimum absolute atomic E-state index is 0.606. The first-order valence-electron chi connectivity index (χ1n) is 4.69. The zero-order valence-corrected chi connectivity index (χ0v) is 9.32. The molecule has 0 saturated carbocycles. The summed E-state index contributed by atoms with van der Waals surface area (Å²) in [5.41, 5.74) is 1.06. The van der Waals surface area contributed by atoms with Crippen LogP contribution in [0.4, 0.5) is 0 Å². The zero-order chi connectivity index (χ0) is 11.1. The van der Waals surface area contributed by atoms with E-state index < -0.39 is 0 Å². The molecule has 0 atom stereocenters. The van der Waals surface area contributed by atoms with Crippen molar-refractivity contribution in [1.29, 1.82) is 0 Å². The van der Waals surface area contributed by atoms with Crippen molar-refractivity contribution in [3.05, 3.63) is 29.8 Å². The second kappa shape index (κ2) is 6.09. The minimum Gasteiger partial charge on any atom is -0.493 e. The van der Waals surface area contributed by atoms with E-state index >= 15 is 0 Å². The molecular weight excluding hydrogens is 192 g/mol. The lowest BCUT2D eigenvalue weighted by Crippen LogP contribution is -1.90. The van der Waals surface area contributed by atoms with Crippen LogP contribution in [-0.2, 0) is 4.74 Å². The van der Waals surface area contributed by atoms with E-state index in [0.29, 0.717) is 6.61 Å². The van der Waals surface area contributed by atoms with E-state index in [1.165, 1.54) is 0 Å². The van der Waals surface area contributed by atoms with Gasteiger partial charge in [-0.2, -0.15) is 0 Å². The van der Waals surface area contributed by atoms with Gasteiger partial charge >= 0.3 is 0 Å². The SMILES string of the molecule is COCC=Cc1ccc(OC)c(OC)c1. The van der Waals surface area contributed by atoms with Gasteiger partial charge in [-0.15, -0.1) is 0 Å². The van der Waals surface area contributed by atoms with Crippen molar-refractivity contribution in [2.75, 3.05) is 27.9 Å². The summed E-state index contributed by atoms with van der Waals surface area (Å²) in [6.07, 6.45) is 3.92. The molecule has 0 amide bonds. The van der Waals surface area contributed by atoms with E-state index in [9.17, 15) is 0 Å². The van der Waals surface area contributed by atoms with Crippen molar-refractivity contribution in [1.82, 2.24) is 0 Å². The molecule has 0 unspecified atom stereocenters. The van der Waals surface area contributed by atoms with Gasteiger partial charge < -0.3 is 14.2 Å². The quantitative estimate of drug-likeness (QED) is 0.743. The van der Waals surface area contributed by atoms with Gasteiger partial charge in [-0.05, 0) is 17.7 Å². The third-order valence-electron chi connectivity index (χ3n) is 1.98. The number of rotatable bonds is 5. The molecule has 82 valence electrons. The summed E-state index contributed by atoms with van der Waals surface area (Å²) in [6, 6.07) is 5.77. The molecule has 0 aliphatic heterocycles. The summed E-state index contributed by atoms with van der Waals surface area (Å²) in [5.74, 6) is 1.47. The van der Waals surface area contributed by atoms with Crippen LogP contribution in [0.1, 0.15) is 5.56 Å². The molecule has 3 nitrogen and oxygen atoms in total. The maximum atomic E-state index is 5.19. The maximum absolute atomic E-state index is 5.19. The molecule has 0 aromatic heterocycles. The molecule has 15 heavy (non-hydrogen) atoms. The van der Waals surface area contributed by atoms with Gasteiger partial charge in [-0.25, -0.2) is 0 Å². The van der Waals surface area contributed by atoms with Gasteiger partial charge in [0, 0.05) is 7.11 Å². The smallest absolute Gasteiger partial charge is 0.161 e. The van der Waals surface area contributed by atoms with Gasteiger partial charge in [-0.1, -0.05) is 18.2 Å². The van der Waals surface area contributed by atoms with Gasteiger partial charge in [0.05, 0.1) is 20.8 Å². The van der Waals surface area contributed by atoms with E-state index in [1.54, 1.807) is 21.3 Å². The first-order valence-corrected chi connectivity index (χ1v) is 4.69. The predicted molar refractivity (Wildman–Crippen MR) is 60.5 cm³/mol. The molecule has 0 bridgehead atoms. The molecule has 0 fully saturated rings. The summed E-state index contributed by atoms with van der Waals surface area (Å²) < 4.78 is 15.3. The standard InChI is InChI=1S/C12H16O3/c1-13-8-4-5-10-6-7-11(14-2)12(9-10)15-3/h4-7,9H,8H2,1-3H3. The third-order valence-corrected chi connectivity index (χ3v) is 1.98. The van der Waals surface area contributed by atoms with Gasteiger partial charge in [-0.3, -0.25) is 0 Å². The Morgan fingerprint density at radius 1 is 1.07 bits per heavy atom. The number of hydrogen-bond donors (Lipinski definition) is 0.